The van der Waals surface area contributed by atoms with Crippen molar-refractivity contribution in [2.45, 2.75) is 0 Å². The van der Waals surface area contributed by atoms with Crippen LogP contribution in [-0.4, -0.2) is 17.7 Å². The van der Waals surface area contributed by atoms with Crippen LogP contribution >= 0.6 is 0 Å². The molecule has 0 bridgehead atoms. The van der Waals surface area contributed by atoms with Gasteiger partial charge in [-0.25, -0.2) is 4.39 Å². The standard InChI is InChI=1S/C8H7F.BH2O2/c1-2-7-4-3-5-8(9)6-7;2-1-3/h2-6H,1H2;2-3H. The Kier molecular flexibility index (Phi) is 5.96. The topological polar surface area (TPSA) is 40.5 Å². The third kappa shape index (κ3) is 4.65. The van der Waals surface area contributed by atoms with E-state index in [2.05, 4.69) is 6.58 Å². The van der Waals surface area contributed by atoms with Gasteiger partial charge >= 0.3 is 7.69 Å². The highest BCUT2D eigenvalue weighted by atomic mass is 19.1. The summed E-state index contributed by atoms with van der Waals surface area (Å²) in [5.41, 5.74) is 0.815. The molecule has 0 aromatic heterocycles. The van der Waals surface area contributed by atoms with Crippen molar-refractivity contribution in [1.82, 2.24) is 0 Å². The highest BCUT2D eigenvalue weighted by Gasteiger charge is 1.86. The zero-order valence-corrected chi connectivity index (χ0v) is 6.44. The van der Waals surface area contributed by atoms with E-state index in [4.69, 9.17) is 10.0 Å². The van der Waals surface area contributed by atoms with E-state index >= 15 is 0 Å². The lowest BCUT2D eigenvalue weighted by Gasteiger charge is -1.89. The summed E-state index contributed by atoms with van der Waals surface area (Å²) in [6.45, 7) is 3.51. The monoisotopic (exact) mass is 167 g/mol. The molecule has 0 atom stereocenters. The van der Waals surface area contributed by atoms with Crippen LogP contribution in [0.4, 0.5) is 4.39 Å². The maximum absolute atomic E-state index is 12.3. The predicted octanol–water partition coefficient (Wildman–Crippen LogP) is 0.974. The molecule has 0 fully saturated rings. The zero-order chi connectivity index (χ0) is 9.40. The van der Waals surface area contributed by atoms with Crippen LogP contribution in [0.25, 0.3) is 6.08 Å². The maximum atomic E-state index is 12.3. The Morgan fingerprint density at radius 2 is 2.00 bits per heavy atom. The van der Waals surface area contributed by atoms with Crippen molar-refractivity contribution in [3.63, 3.8) is 0 Å². The van der Waals surface area contributed by atoms with Gasteiger partial charge in [0.1, 0.15) is 5.82 Å². The van der Waals surface area contributed by atoms with Gasteiger partial charge in [0.15, 0.2) is 0 Å². The van der Waals surface area contributed by atoms with E-state index in [-0.39, 0.29) is 13.5 Å². The predicted molar refractivity (Wildman–Crippen MR) is 46.7 cm³/mol. The van der Waals surface area contributed by atoms with Crippen molar-refractivity contribution in [3.05, 3.63) is 42.2 Å². The van der Waals surface area contributed by atoms with Gasteiger partial charge in [-0.3, -0.25) is 0 Å². The van der Waals surface area contributed by atoms with Crippen LogP contribution in [0.1, 0.15) is 5.56 Å². The maximum Gasteiger partial charge on any atom is 0.482 e. The van der Waals surface area contributed by atoms with Gasteiger partial charge in [0.2, 0.25) is 0 Å². The summed E-state index contributed by atoms with van der Waals surface area (Å²) >= 11 is 0. The Balaban J connectivity index is 0.000000354. The van der Waals surface area contributed by atoms with Gasteiger partial charge in [0.05, 0.1) is 0 Å². The average molecular weight is 167 g/mol. The minimum absolute atomic E-state index is 0. The van der Waals surface area contributed by atoms with E-state index in [1.165, 1.54) is 12.1 Å². The molecule has 0 saturated carbocycles. The summed E-state index contributed by atoms with van der Waals surface area (Å²) in [6.07, 6.45) is 1.61. The summed E-state index contributed by atoms with van der Waals surface area (Å²) < 4.78 is 12.3. The van der Waals surface area contributed by atoms with Crippen LogP contribution in [0.15, 0.2) is 30.8 Å². The minimum atomic E-state index is -0.215. The lowest BCUT2D eigenvalue weighted by Crippen LogP contribution is -1.75. The molecule has 0 saturated heterocycles. The van der Waals surface area contributed by atoms with Gasteiger partial charge in [0, 0.05) is 0 Å². The fourth-order valence-electron chi connectivity index (χ4n) is 0.634. The van der Waals surface area contributed by atoms with Crippen molar-refractivity contribution in [3.8, 4) is 0 Å². The first-order valence-corrected chi connectivity index (χ1v) is 3.22. The molecule has 63 valence electrons. The summed E-state index contributed by atoms with van der Waals surface area (Å²) in [6, 6.07) is 6.31. The fraction of sp³-hybridized carbons (Fsp3) is 0. The van der Waals surface area contributed by atoms with Crippen LogP contribution in [0.5, 0.6) is 0 Å². The first-order valence-electron chi connectivity index (χ1n) is 3.22. The molecule has 0 aliphatic rings. The molecule has 0 aliphatic carbocycles. The number of benzene rings is 1. The van der Waals surface area contributed by atoms with E-state index in [9.17, 15) is 4.39 Å². The molecular formula is C8H9BFO2. The molecule has 1 rings (SSSR count). The third-order valence-electron chi connectivity index (χ3n) is 1.08. The van der Waals surface area contributed by atoms with Crippen molar-refractivity contribution in [1.29, 1.82) is 0 Å². The Morgan fingerprint density at radius 1 is 1.42 bits per heavy atom. The van der Waals surface area contributed by atoms with Crippen LogP contribution in [0.3, 0.4) is 0 Å². The van der Waals surface area contributed by atoms with Crippen LogP contribution in [0.2, 0.25) is 0 Å². The van der Waals surface area contributed by atoms with Gasteiger partial charge in [-0.2, -0.15) is 0 Å². The van der Waals surface area contributed by atoms with Crippen LogP contribution in [0, 0.1) is 5.82 Å². The molecule has 1 aromatic rings. The molecule has 2 nitrogen and oxygen atoms in total. The number of halogens is 1. The largest absolute Gasteiger partial charge is 0.482 e. The minimum Gasteiger partial charge on any atom is -0.429 e. The van der Waals surface area contributed by atoms with E-state index in [1.54, 1.807) is 18.2 Å². The Labute approximate surface area is 71.3 Å². The van der Waals surface area contributed by atoms with Gasteiger partial charge in [-0.15, -0.1) is 0 Å². The molecule has 4 heteroatoms. The second-order valence-electron chi connectivity index (χ2n) is 1.87. The molecule has 0 spiro atoms. The normalized spacial score (nSPS) is 7.92. The zero-order valence-electron chi connectivity index (χ0n) is 6.44. The Bertz CT molecular complexity index is 240. The molecule has 0 heterocycles. The van der Waals surface area contributed by atoms with E-state index < -0.39 is 0 Å². The summed E-state index contributed by atoms with van der Waals surface area (Å²) in [5.74, 6) is -0.215. The fourth-order valence-corrected chi connectivity index (χ4v) is 0.634. The number of hydrogen-bond acceptors (Lipinski definition) is 2. The third-order valence-corrected chi connectivity index (χ3v) is 1.08. The molecule has 0 amide bonds. The van der Waals surface area contributed by atoms with Crippen molar-refractivity contribution < 1.29 is 14.4 Å². The average Bonchev–Trinajstić information content (AvgIpc) is 2.06. The Hall–Kier alpha value is -1.13. The van der Waals surface area contributed by atoms with Crippen molar-refractivity contribution in [2.75, 3.05) is 0 Å². The molecule has 12 heavy (non-hydrogen) atoms. The smallest absolute Gasteiger partial charge is 0.429 e. The molecular weight excluding hydrogens is 158 g/mol. The second-order valence-corrected chi connectivity index (χ2v) is 1.87. The molecule has 0 aliphatic heterocycles. The first-order chi connectivity index (χ1) is 5.74. The van der Waals surface area contributed by atoms with Gasteiger partial charge in [0.25, 0.3) is 0 Å². The SMILES string of the molecule is C=Cc1cccc(F)c1.O[B]O. The quantitative estimate of drug-likeness (QED) is 0.611. The van der Waals surface area contributed by atoms with Gasteiger partial charge in [-0.05, 0) is 17.7 Å². The van der Waals surface area contributed by atoms with E-state index in [0.717, 1.165) is 5.56 Å². The van der Waals surface area contributed by atoms with Crippen LogP contribution in [-0.2, 0) is 0 Å². The summed E-state index contributed by atoms with van der Waals surface area (Å²) in [7, 11) is 0. The molecule has 1 aromatic carbocycles. The number of rotatable bonds is 1. The molecule has 2 N–H and O–H groups in total. The highest BCUT2D eigenvalue weighted by Crippen LogP contribution is 2.03. The lowest BCUT2D eigenvalue weighted by molar-refractivity contribution is 0.448. The molecule has 1 radical (unpaired) electrons. The van der Waals surface area contributed by atoms with E-state index in [0.29, 0.717) is 0 Å². The Morgan fingerprint density at radius 3 is 2.33 bits per heavy atom. The highest BCUT2D eigenvalue weighted by molar-refractivity contribution is 6.13. The number of hydrogen-bond donors (Lipinski definition) is 2. The van der Waals surface area contributed by atoms with Gasteiger partial charge < -0.3 is 10.0 Å². The summed E-state index contributed by atoms with van der Waals surface area (Å²) in [5, 5.41) is 14.0. The first kappa shape index (κ1) is 10.9. The van der Waals surface area contributed by atoms with E-state index in [1.807, 2.05) is 0 Å². The summed E-state index contributed by atoms with van der Waals surface area (Å²) in [4.78, 5) is 0. The second kappa shape index (κ2) is 6.58. The van der Waals surface area contributed by atoms with Crippen molar-refractivity contribution in [2.24, 2.45) is 0 Å². The van der Waals surface area contributed by atoms with Gasteiger partial charge in [-0.1, -0.05) is 24.8 Å². The molecule has 0 unspecified atom stereocenters. The lowest BCUT2D eigenvalue weighted by atomic mass is 10.2. The van der Waals surface area contributed by atoms with Crippen molar-refractivity contribution >= 4 is 13.8 Å². The van der Waals surface area contributed by atoms with Crippen LogP contribution < -0.4 is 0 Å².